The van der Waals surface area contributed by atoms with E-state index in [1.165, 1.54) is 35.5 Å². The molecule has 1 N–H and O–H groups in total. The van der Waals surface area contributed by atoms with E-state index >= 15 is 0 Å². The van der Waals surface area contributed by atoms with E-state index in [9.17, 15) is 22.8 Å². The zero-order valence-corrected chi connectivity index (χ0v) is 26.0. The summed E-state index contributed by atoms with van der Waals surface area (Å²) in [4.78, 5) is 39.3. The lowest BCUT2D eigenvalue weighted by atomic mass is 9.75. The van der Waals surface area contributed by atoms with Crippen LogP contribution in [0.4, 0.5) is 0 Å². The maximum absolute atomic E-state index is 13.2. The van der Waals surface area contributed by atoms with E-state index in [2.05, 4.69) is 5.32 Å². The normalized spacial score (nSPS) is 19.8. The van der Waals surface area contributed by atoms with Crippen LogP contribution in [0.1, 0.15) is 65.7 Å². The van der Waals surface area contributed by atoms with Crippen LogP contribution < -0.4 is 5.32 Å². The summed E-state index contributed by atoms with van der Waals surface area (Å²) in [5.41, 5.74) is 2.53. The molecule has 13 heteroatoms. The van der Waals surface area contributed by atoms with Gasteiger partial charge < -0.3 is 19.7 Å². The van der Waals surface area contributed by atoms with Crippen molar-refractivity contribution in [3.05, 3.63) is 46.8 Å². The molecule has 3 aliphatic heterocycles. The number of ether oxygens (including phenoxy) is 2. The first-order chi connectivity index (χ1) is 20.5. The Hall–Kier alpha value is -3.29. The zero-order chi connectivity index (χ0) is 30.8. The molecule has 1 aromatic heterocycles. The smallest absolute Gasteiger partial charge is 0.338 e. The molecular weight excluding hydrogens is 574 g/mol. The van der Waals surface area contributed by atoms with Crippen molar-refractivity contribution in [1.82, 2.24) is 24.3 Å². The lowest BCUT2D eigenvalue weighted by molar-refractivity contribution is -0.129. The van der Waals surface area contributed by atoms with E-state index in [0.717, 1.165) is 30.5 Å². The summed E-state index contributed by atoms with van der Waals surface area (Å²) in [6.45, 7) is 9.09. The van der Waals surface area contributed by atoms with Gasteiger partial charge in [-0.3, -0.25) is 14.3 Å². The second kappa shape index (κ2) is 12.7. The van der Waals surface area contributed by atoms with Gasteiger partial charge in [0.1, 0.15) is 5.69 Å². The molecule has 2 amide bonds. The molecule has 5 rings (SSSR count). The molecule has 234 valence electrons. The van der Waals surface area contributed by atoms with Gasteiger partial charge in [-0.15, -0.1) is 0 Å². The number of fused-ring (bicyclic) bond motifs is 1. The molecule has 1 spiro atoms. The number of nitrogens with zero attached hydrogens (tertiary/aromatic N) is 4. The Balaban J connectivity index is 1.24. The van der Waals surface area contributed by atoms with Crippen molar-refractivity contribution in [2.75, 3.05) is 52.5 Å². The molecule has 1 atom stereocenters. The van der Waals surface area contributed by atoms with Crippen LogP contribution in [0.15, 0.2) is 29.2 Å². The number of benzene rings is 1. The third-order valence-electron chi connectivity index (χ3n) is 8.81. The quantitative estimate of drug-likeness (QED) is 0.444. The lowest BCUT2D eigenvalue weighted by Crippen LogP contribution is -2.49. The summed E-state index contributed by atoms with van der Waals surface area (Å²) >= 11 is 0. The van der Waals surface area contributed by atoms with Crippen LogP contribution in [0.2, 0.25) is 0 Å². The fourth-order valence-electron chi connectivity index (χ4n) is 6.19. The van der Waals surface area contributed by atoms with Gasteiger partial charge in [-0.05, 0) is 62.1 Å². The van der Waals surface area contributed by atoms with Gasteiger partial charge in [-0.2, -0.15) is 9.40 Å². The summed E-state index contributed by atoms with van der Waals surface area (Å²) in [7, 11) is -3.83. The first-order valence-corrected chi connectivity index (χ1v) is 16.4. The number of nitrogens with one attached hydrogen (secondary N) is 1. The topological polar surface area (TPSA) is 140 Å². The maximum Gasteiger partial charge on any atom is 0.338 e. The highest BCUT2D eigenvalue weighted by atomic mass is 32.2. The predicted octanol–water partition coefficient (Wildman–Crippen LogP) is 1.87. The molecule has 1 aromatic carbocycles. The van der Waals surface area contributed by atoms with Gasteiger partial charge in [-0.1, -0.05) is 13.0 Å². The number of amides is 2. The van der Waals surface area contributed by atoms with Crippen LogP contribution in [-0.2, 0) is 43.7 Å². The summed E-state index contributed by atoms with van der Waals surface area (Å²) in [6, 6.07) is 5.87. The highest BCUT2D eigenvalue weighted by Crippen LogP contribution is 2.38. The number of carbonyl (C=O) groups is 3. The Kier molecular flexibility index (Phi) is 9.23. The summed E-state index contributed by atoms with van der Waals surface area (Å²) in [5, 5.41) is 7.91. The summed E-state index contributed by atoms with van der Waals surface area (Å²) in [5.74, 6) is -0.883. The average molecular weight is 616 g/mol. The zero-order valence-electron chi connectivity index (χ0n) is 25.1. The van der Waals surface area contributed by atoms with Gasteiger partial charge >= 0.3 is 5.97 Å². The molecule has 3 aliphatic rings. The fourth-order valence-corrected chi connectivity index (χ4v) is 7.66. The number of piperazine rings is 1. The van der Waals surface area contributed by atoms with Crippen LogP contribution in [0.3, 0.4) is 0 Å². The molecule has 43 heavy (non-hydrogen) atoms. The number of sulfonamides is 1. The molecule has 2 aromatic rings. The molecule has 4 heterocycles. The van der Waals surface area contributed by atoms with Gasteiger partial charge in [0.25, 0.3) is 5.91 Å². The van der Waals surface area contributed by atoms with Crippen molar-refractivity contribution in [3.63, 3.8) is 0 Å². The van der Waals surface area contributed by atoms with Crippen LogP contribution >= 0.6 is 0 Å². The van der Waals surface area contributed by atoms with Crippen LogP contribution in [0, 0.1) is 11.3 Å². The van der Waals surface area contributed by atoms with Crippen molar-refractivity contribution in [1.29, 1.82) is 0 Å². The Morgan fingerprint density at radius 1 is 1.16 bits per heavy atom. The molecule has 1 unspecified atom stereocenters. The largest absolute Gasteiger partial charge is 0.462 e. The van der Waals surface area contributed by atoms with E-state index in [1.807, 2.05) is 13.8 Å². The molecular formula is C30H41N5O7S. The van der Waals surface area contributed by atoms with Crippen molar-refractivity contribution in [2.45, 2.75) is 57.9 Å². The van der Waals surface area contributed by atoms with Crippen molar-refractivity contribution in [3.8, 4) is 0 Å². The van der Waals surface area contributed by atoms with Gasteiger partial charge in [0.2, 0.25) is 15.9 Å². The SMILES string of the molecule is CCn1nc(CC(C)COC(=O)c2cccc(S(=O)(=O)N3CCN(C(C)=O)CC3)c2)c2c1C(=O)NCC1(CCOCC1)C2. The number of rotatable bonds is 8. The summed E-state index contributed by atoms with van der Waals surface area (Å²) < 4.78 is 40.8. The van der Waals surface area contributed by atoms with E-state index in [1.54, 1.807) is 9.58 Å². The molecule has 0 saturated carbocycles. The highest BCUT2D eigenvalue weighted by Gasteiger charge is 2.40. The molecule has 0 bridgehead atoms. The monoisotopic (exact) mass is 615 g/mol. The predicted molar refractivity (Wildman–Crippen MR) is 157 cm³/mol. The molecule has 2 saturated heterocycles. The third-order valence-corrected chi connectivity index (χ3v) is 10.7. The van der Waals surface area contributed by atoms with Gasteiger partial charge in [0.15, 0.2) is 0 Å². The van der Waals surface area contributed by atoms with E-state index in [4.69, 9.17) is 14.6 Å². The van der Waals surface area contributed by atoms with E-state index < -0.39 is 16.0 Å². The van der Waals surface area contributed by atoms with Crippen LogP contribution in [-0.4, -0.2) is 97.7 Å². The Labute approximate surface area is 252 Å². The maximum atomic E-state index is 13.2. The van der Waals surface area contributed by atoms with Gasteiger partial charge in [-0.25, -0.2) is 13.2 Å². The minimum absolute atomic E-state index is 0.0133. The Bertz CT molecular complexity index is 1470. The van der Waals surface area contributed by atoms with Gasteiger partial charge in [0, 0.05) is 65.0 Å². The second-order valence-corrected chi connectivity index (χ2v) is 13.8. The Morgan fingerprint density at radius 2 is 1.88 bits per heavy atom. The van der Waals surface area contributed by atoms with Crippen molar-refractivity contribution >= 4 is 27.8 Å². The van der Waals surface area contributed by atoms with Crippen LogP contribution in [0.25, 0.3) is 0 Å². The molecule has 12 nitrogen and oxygen atoms in total. The van der Waals surface area contributed by atoms with E-state index in [0.29, 0.717) is 51.5 Å². The highest BCUT2D eigenvalue weighted by molar-refractivity contribution is 7.89. The van der Waals surface area contributed by atoms with Crippen molar-refractivity contribution < 1.29 is 32.3 Å². The molecule has 2 fully saturated rings. The number of carbonyl (C=O) groups excluding carboxylic acids is 3. The first-order valence-electron chi connectivity index (χ1n) is 15.0. The fraction of sp³-hybridized carbons (Fsp3) is 0.600. The van der Waals surface area contributed by atoms with E-state index in [-0.39, 0.29) is 53.3 Å². The molecule has 0 radical (unpaired) electrons. The average Bonchev–Trinajstić information content (AvgIpc) is 3.28. The molecule has 0 aliphatic carbocycles. The number of hydrogen-bond acceptors (Lipinski definition) is 8. The Morgan fingerprint density at radius 3 is 2.56 bits per heavy atom. The number of esters is 1. The second-order valence-electron chi connectivity index (χ2n) is 11.9. The lowest BCUT2D eigenvalue weighted by Gasteiger charge is -2.36. The minimum Gasteiger partial charge on any atom is -0.462 e. The number of aryl methyl sites for hydroxylation is 1. The number of aromatic nitrogens is 2. The standard InChI is InChI=1S/C30H41N5O7S/c1-4-35-27-25(18-30(20-31-28(27)37)8-14-41-15-9-30)26(32-35)16-21(2)19-42-29(38)23-6-5-7-24(17-23)43(39,40)34-12-10-33(11-13-34)22(3)36/h5-7,17,21H,4,8-16,18-20H2,1-3H3,(H,31,37). The summed E-state index contributed by atoms with van der Waals surface area (Å²) in [6.07, 6.45) is 3.03. The van der Waals surface area contributed by atoms with Crippen LogP contribution in [0.5, 0.6) is 0 Å². The van der Waals surface area contributed by atoms with Gasteiger partial charge in [0.05, 0.1) is 22.8 Å². The first kappa shape index (κ1) is 31.1. The van der Waals surface area contributed by atoms with Crippen molar-refractivity contribution in [2.24, 2.45) is 11.3 Å². The number of hydrogen-bond donors (Lipinski definition) is 1. The minimum atomic E-state index is -3.83. The third kappa shape index (κ3) is 6.63.